The van der Waals surface area contributed by atoms with Crippen LogP contribution < -0.4 is 10.2 Å². The van der Waals surface area contributed by atoms with E-state index in [-0.39, 0.29) is 37.5 Å². The van der Waals surface area contributed by atoms with E-state index in [0.717, 1.165) is 5.56 Å². The molecule has 3 saturated heterocycles. The number of nitrogens with one attached hydrogen (secondary N) is 1. The molecule has 2 unspecified atom stereocenters. The van der Waals surface area contributed by atoms with Crippen LogP contribution in [0.4, 0.5) is 14.9 Å². The second-order valence-corrected chi connectivity index (χ2v) is 11.6. The number of aliphatic hydroxyl groups is 2. The van der Waals surface area contributed by atoms with Gasteiger partial charge in [0.2, 0.25) is 5.91 Å². The quantitative estimate of drug-likeness (QED) is 0.397. The minimum absolute atomic E-state index is 0.154. The van der Waals surface area contributed by atoms with Crippen LogP contribution in [-0.4, -0.2) is 70.5 Å². The number of pyridine rings is 1. The number of likely N-dealkylation sites (tertiary alicyclic amines) is 1. The summed E-state index contributed by atoms with van der Waals surface area (Å²) in [5.41, 5.74) is 0.576. The SMILES string of the molecule is CC.CC1(O)CN(Cc2ccc(C3(O)COC3)c(Cl)c2)CCC1c1ccc2ncc(N3CCC(=O)NC3=O)cc2c1F. The molecule has 1 aromatic heterocycles. The van der Waals surface area contributed by atoms with E-state index in [1.807, 2.05) is 32.0 Å². The first-order valence-electron chi connectivity index (χ1n) is 14.3. The highest BCUT2D eigenvalue weighted by atomic mass is 35.5. The molecule has 42 heavy (non-hydrogen) atoms. The van der Waals surface area contributed by atoms with Gasteiger partial charge in [0.1, 0.15) is 11.4 Å². The van der Waals surface area contributed by atoms with Crippen molar-refractivity contribution in [2.45, 2.75) is 57.3 Å². The van der Waals surface area contributed by atoms with Gasteiger partial charge in [0.05, 0.1) is 36.2 Å². The van der Waals surface area contributed by atoms with E-state index in [1.54, 1.807) is 25.1 Å². The van der Waals surface area contributed by atoms with Crippen LogP contribution in [0.5, 0.6) is 0 Å². The van der Waals surface area contributed by atoms with Crippen LogP contribution in [0, 0.1) is 5.82 Å². The Bertz CT molecular complexity index is 1510. The zero-order valence-corrected chi connectivity index (χ0v) is 24.7. The van der Waals surface area contributed by atoms with E-state index in [2.05, 4.69) is 15.2 Å². The number of β-amino-alcohol motifs (C(OH)–C–C–N with tert-alkyl or cyclic N) is 1. The van der Waals surface area contributed by atoms with E-state index < -0.39 is 29.0 Å². The molecule has 0 spiro atoms. The Morgan fingerprint density at radius 3 is 2.55 bits per heavy atom. The molecule has 2 atom stereocenters. The number of benzene rings is 2. The predicted octanol–water partition coefficient (Wildman–Crippen LogP) is 4.46. The van der Waals surface area contributed by atoms with E-state index in [1.165, 1.54) is 11.1 Å². The number of rotatable bonds is 5. The second kappa shape index (κ2) is 11.9. The molecule has 3 aliphatic heterocycles. The summed E-state index contributed by atoms with van der Waals surface area (Å²) < 4.78 is 21.1. The van der Waals surface area contributed by atoms with Crippen LogP contribution in [0.3, 0.4) is 0 Å². The number of carbonyl (C=O) groups excluding carboxylic acids is 2. The van der Waals surface area contributed by atoms with Gasteiger partial charge >= 0.3 is 6.03 Å². The number of hydrogen-bond donors (Lipinski definition) is 3. The van der Waals surface area contributed by atoms with Gasteiger partial charge < -0.3 is 14.9 Å². The fourth-order valence-corrected chi connectivity index (χ4v) is 6.41. The number of carbonyl (C=O) groups is 2. The molecule has 0 aliphatic carbocycles. The van der Waals surface area contributed by atoms with E-state index in [4.69, 9.17) is 16.3 Å². The lowest BCUT2D eigenvalue weighted by molar-refractivity contribution is -0.184. The van der Waals surface area contributed by atoms with Crippen molar-refractivity contribution >= 4 is 40.1 Å². The number of ether oxygens (including phenoxy) is 1. The van der Waals surface area contributed by atoms with Gasteiger partial charge in [0.25, 0.3) is 0 Å². The molecule has 0 saturated carbocycles. The third-order valence-corrected chi connectivity index (χ3v) is 8.52. The Balaban J connectivity index is 0.00000173. The number of fused-ring (bicyclic) bond motifs is 1. The third-order valence-electron chi connectivity index (χ3n) is 8.21. The van der Waals surface area contributed by atoms with Crippen LogP contribution in [0.15, 0.2) is 42.6 Å². The second-order valence-electron chi connectivity index (χ2n) is 11.2. The molecule has 9 nitrogen and oxygen atoms in total. The van der Waals surface area contributed by atoms with Gasteiger partial charge in [-0.3, -0.25) is 24.9 Å². The summed E-state index contributed by atoms with van der Waals surface area (Å²) in [6.07, 6.45) is 2.17. The van der Waals surface area contributed by atoms with Crippen molar-refractivity contribution in [2.75, 3.05) is 37.7 Å². The smallest absolute Gasteiger partial charge is 0.328 e. The van der Waals surface area contributed by atoms with Gasteiger partial charge in [-0.25, -0.2) is 9.18 Å². The minimum Gasteiger partial charge on any atom is -0.388 e. The lowest BCUT2D eigenvalue weighted by Crippen LogP contribution is -2.50. The summed E-state index contributed by atoms with van der Waals surface area (Å²) in [5, 5.41) is 25.1. The molecule has 0 bridgehead atoms. The molecular weight excluding hydrogens is 563 g/mol. The predicted molar refractivity (Wildman–Crippen MR) is 158 cm³/mol. The van der Waals surface area contributed by atoms with Crippen LogP contribution in [0.1, 0.15) is 56.2 Å². The zero-order valence-electron chi connectivity index (χ0n) is 24.0. The van der Waals surface area contributed by atoms with Gasteiger partial charge in [-0.15, -0.1) is 0 Å². The largest absolute Gasteiger partial charge is 0.388 e. The minimum atomic E-state index is -1.22. The summed E-state index contributed by atoms with van der Waals surface area (Å²) in [6, 6.07) is 9.99. The topological polar surface area (TPSA) is 115 Å². The Kier molecular flexibility index (Phi) is 8.55. The van der Waals surface area contributed by atoms with Crippen LogP contribution >= 0.6 is 11.6 Å². The van der Waals surface area contributed by atoms with Crippen LogP contribution in [0.25, 0.3) is 10.9 Å². The number of nitrogens with zero attached hydrogens (tertiary/aromatic N) is 3. The maximum absolute atomic E-state index is 16.0. The summed E-state index contributed by atoms with van der Waals surface area (Å²) in [4.78, 5) is 31.6. The standard InChI is InChI=1S/C29H30ClFN4O5.C2H6/c1-28(38)14-34(13-17-2-4-22(23(30)10-17)29(39)15-40-16-29)8-6-21(28)19-3-5-24-20(26(19)31)11-18(12-32-24)35-9-7-25(36)33-27(35)37;1-2/h2-5,10-12,21,38-39H,6-9,13-16H2,1H3,(H,33,36,37);1-2H3. The van der Waals surface area contributed by atoms with Gasteiger partial charge in [0.15, 0.2) is 0 Å². The number of anilines is 1. The van der Waals surface area contributed by atoms with Gasteiger partial charge in [-0.05, 0) is 49.2 Å². The molecule has 3 N–H and O–H groups in total. The molecule has 3 aromatic rings. The Hall–Kier alpha value is -3.15. The van der Waals surface area contributed by atoms with Gasteiger partial charge in [-0.1, -0.05) is 43.6 Å². The normalized spacial score (nSPS) is 24.1. The molecule has 0 radical (unpaired) electrons. The first kappa shape index (κ1) is 30.3. The summed E-state index contributed by atoms with van der Waals surface area (Å²) in [6.45, 7) is 7.86. The first-order valence-corrected chi connectivity index (χ1v) is 14.7. The molecule has 4 heterocycles. The first-order chi connectivity index (χ1) is 20.0. The van der Waals surface area contributed by atoms with Crippen molar-refractivity contribution in [1.29, 1.82) is 0 Å². The monoisotopic (exact) mass is 598 g/mol. The van der Waals surface area contributed by atoms with Crippen molar-refractivity contribution < 1.29 is 28.9 Å². The Morgan fingerprint density at radius 1 is 1.14 bits per heavy atom. The molecule has 3 aliphatic rings. The molecular formula is C31H36ClFN4O5. The van der Waals surface area contributed by atoms with E-state index >= 15 is 4.39 Å². The number of imide groups is 1. The Labute approximate surface area is 249 Å². The average Bonchev–Trinajstić information content (AvgIpc) is 2.93. The average molecular weight is 599 g/mol. The van der Waals surface area contributed by atoms with Crippen molar-refractivity contribution in [3.05, 3.63) is 70.1 Å². The molecule has 2 aromatic carbocycles. The lowest BCUT2D eigenvalue weighted by Gasteiger charge is -2.43. The summed E-state index contributed by atoms with van der Waals surface area (Å²) in [7, 11) is 0. The molecule has 3 fully saturated rings. The van der Waals surface area contributed by atoms with Crippen LogP contribution in [-0.2, 0) is 21.7 Å². The molecule has 224 valence electrons. The number of urea groups is 1. The van der Waals surface area contributed by atoms with Crippen molar-refractivity contribution in [3.63, 3.8) is 0 Å². The highest BCUT2D eigenvalue weighted by Gasteiger charge is 2.41. The van der Waals surface area contributed by atoms with Gasteiger partial charge in [-0.2, -0.15) is 0 Å². The fourth-order valence-electron chi connectivity index (χ4n) is 6.03. The number of piperidine rings is 1. The maximum Gasteiger partial charge on any atom is 0.328 e. The third kappa shape index (κ3) is 5.74. The number of halogens is 2. The van der Waals surface area contributed by atoms with E-state index in [9.17, 15) is 19.8 Å². The van der Waals surface area contributed by atoms with Crippen molar-refractivity contribution in [2.24, 2.45) is 0 Å². The summed E-state index contributed by atoms with van der Waals surface area (Å²) in [5.74, 6) is -1.27. The summed E-state index contributed by atoms with van der Waals surface area (Å²) >= 11 is 6.47. The van der Waals surface area contributed by atoms with Gasteiger partial charge in [0, 0.05) is 47.9 Å². The molecule has 6 rings (SSSR count). The van der Waals surface area contributed by atoms with E-state index in [0.29, 0.717) is 53.4 Å². The number of hydrogen-bond acceptors (Lipinski definition) is 7. The Morgan fingerprint density at radius 2 is 1.90 bits per heavy atom. The maximum atomic E-state index is 16.0. The number of amides is 3. The van der Waals surface area contributed by atoms with Crippen molar-refractivity contribution in [3.8, 4) is 0 Å². The molecule has 11 heteroatoms. The van der Waals surface area contributed by atoms with Crippen LogP contribution in [0.2, 0.25) is 5.02 Å². The highest BCUT2D eigenvalue weighted by Crippen LogP contribution is 2.40. The van der Waals surface area contributed by atoms with Crippen molar-refractivity contribution in [1.82, 2.24) is 15.2 Å². The number of aromatic nitrogens is 1. The highest BCUT2D eigenvalue weighted by molar-refractivity contribution is 6.31. The molecule has 3 amide bonds. The fraction of sp³-hybridized carbons (Fsp3) is 0.452. The zero-order chi connectivity index (χ0) is 30.2. The lowest BCUT2D eigenvalue weighted by atomic mass is 9.77.